The maximum absolute atomic E-state index is 5.04. The summed E-state index contributed by atoms with van der Waals surface area (Å²) in [6.45, 7) is 0. The Morgan fingerprint density at radius 1 is 0.488 bits per heavy atom. The summed E-state index contributed by atoms with van der Waals surface area (Å²) in [6, 6.07) is 20.2. The van der Waals surface area contributed by atoms with Gasteiger partial charge in [-0.1, -0.05) is 36.4 Å². The Morgan fingerprint density at radius 3 is 1.41 bits per heavy atom. The Kier molecular flexibility index (Phi) is 15.5. The van der Waals surface area contributed by atoms with Crippen LogP contribution in [-0.2, 0) is 34.1 Å². The molecule has 0 atom stereocenters. The van der Waals surface area contributed by atoms with Crippen LogP contribution >= 0.6 is 0 Å². The molecule has 0 aliphatic heterocycles. The van der Waals surface area contributed by atoms with Crippen LogP contribution in [0.1, 0.15) is 11.3 Å². The van der Waals surface area contributed by atoms with Crippen LogP contribution in [0.5, 0.6) is 0 Å². The molecule has 0 spiro atoms. The second-order valence-corrected chi connectivity index (χ2v) is 8.73. The molecular weight excluding hydrogens is 586 g/mol. The average Bonchev–Trinajstić information content (AvgIpc) is 3.83. The van der Waals surface area contributed by atoms with Gasteiger partial charge in [-0.3, -0.25) is 4.57 Å². The summed E-state index contributed by atoms with van der Waals surface area (Å²) < 4.78 is 2.06. The molecule has 4 fully saturated rings. The zero-order valence-corrected chi connectivity index (χ0v) is 24.5. The van der Waals surface area contributed by atoms with Crippen LogP contribution in [-0.4, -0.2) is 9.55 Å². The van der Waals surface area contributed by atoms with Crippen LogP contribution in [0.3, 0.4) is 0 Å². The number of hydrogen-bond acceptors (Lipinski definition) is 2. The number of benzene rings is 2. The Morgan fingerprint density at radius 2 is 0.927 bits per heavy atom. The third-order valence-corrected chi connectivity index (χ3v) is 5.98. The first-order valence-corrected chi connectivity index (χ1v) is 12.9. The van der Waals surface area contributed by atoms with E-state index >= 15 is 0 Å². The molecule has 4 aliphatic carbocycles. The maximum Gasteiger partial charge on any atom is 2.00 e. The van der Waals surface area contributed by atoms with E-state index in [1.54, 1.807) is 0 Å². The third-order valence-electron chi connectivity index (χ3n) is 5.98. The third kappa shape index (κ3) is 10.2. The van der Waals surface area contributed by atoms with Crippen molar-refractivity contribution in [3.63, 3.8) is 0 Å². The Balaban J connectivity index is 0.000000325. The zero-order valence-electron chi connectivity index (χ0n) is 22.3. The molecule has 0 amide bonds. The van der Waals surface area contributed by atoms with Gasteiger partial charge in [0.25, 0.3) is 0 Å². The van der Waals surface area contributed by atoms with Gasteiger partial charge in [-0.05, 0) is 145 Å². The van der Waals surface area contributed by atoms with E-state index in [4.69, 9.17) is 9.98 Å². The van der Waals surface area contributed by atoms with Crippen molar-refractivity contribution in [2.75, 3.05) is 0 Å². The van der Waals surface area contributed by atoms with Gasteiger partial charge >= 0.3 is 34.1 Å². The van der Waals surface area contributed by atoms with E-state index < -0.39 is 0 Å². The summed E-state index contributed by atoms with van der Waals surface area (Å²) in [5.41, 5.74) is 4.56. The van der Waals surface area contributed by atoms with E-state index in [0.717, 1.165) is 34.5 Å². The molecule has 2 aromatic carbocycles. The van der Waals surface area contributed by atoms with E-state index in [0.29, 0.717) is 5.62 Å². The first kappa shape index (κ1) is 33.9. The topological polar surface area (TPSA) is 30.2 Å². The molecule has 5 heteroatoms. The minimum absolute atomic E-state index is 0. The maximum atomic E-state index is 5.04. The Bertz CT molecular complexity index is 1150. The fourth-order valence-electron chi connectivity index (χ4n) is 4.10. The summed E-state index contributed by atoms with van der Waals surface area (Å²) in [5, 5.41) is 0. The minimum Gasteiger partial charge on any atom is -0.286 e. The molecule has 4 aliphatic rings. The molecule has 41 heavy (non-hydrogen) atoms. The van der Waals surface area contributed by atoms with E-state index in [9.17, 15) is 0 Å². The van der Waals surface area contributed by atoms with Crippen LogP contribution in [0.2, 0.25) is 0 Å². The molecule has 200 valence electrons. The molecule has 1 aromatic heterocycles. The Labute approximate surface area is 270 Å². The predicted octanol–water partition coefficient (Wildman–Crippen LogP) is 6.65. The van der Waals surface area contributed by atoms with Crippen molar-refractivity contribution in [1.29, 1.82) is 0 Å². The van der Waals surface area contributed by atoms with Crippen LogP contribution in [0.25, 0.3) is 5.69 Å². The summed E-state index contributed by atoms with van der Waals surface area (Å²) >= 11 is 0. The van der Waals surface area contributed by atoms with E-state index in [2.05, 4.69) is 61.4 Å². The SMILES string of the molecule is [CH]1[CH][CH][CH][CH]1.[CH]1[CH][CH][CH][CH]1.[CH]1[CH][CH][C](c2cn(-c3ccccc3)c(=Nc3ccccc3)nc2[C]2[CH][CH][CH][CH]2)[CH]1.[Fe+2].[Fe+2]. The van der Waals surface area contributed by atoms with Gasteiger partial charge in [0.1, 0.15) is 0 Å². The molecule has 0 N–H and O–H groups in total. The first-order chi connectivity index (χ1) is 19.4. The van der Waals surface area contributed by atoms with Crippen LogP contribution in [0, 0.1) is 127 Å². The van der Waals surface area contributed by atoms with E-state index in [1.807, 2.05) is 126 Å². The van der Waals surface area contributed by atoms with Gasteiger partial charge in [0, 0.05) is 23.7 Å². The van der Waals surface area contributed by atoms with Gasteiger partial charge in [-0.2, -0.15) is 0 Å². The van der Waals surface area contributed by atoms with Crippen molar-refractivity contribution in [3.05, 3.63) is 211 Å². The van der Waals surface area contributed by atoms with Crippen molar-refractivity contribution in [2.24, 2.45) is 4.99 Å². The standard InChI is InChI=1S/C26H19N3.2C5H5.2Fe/c1-3-15-22(16-4-1)27-26-28-25(21-13-9-10-14-21)24(20-11-7-8-12-20)19-29(26)23-17-5-2-6-18-23;2*1-2-4-5-3-1;;/h1-19H;2*1-5H;;/q;;;2*+2. The van der Waals surface area contributed by atoms with Gasteiger partial charge in [-0.25, -0.2) is 9.98 Å². The van der Waals surface area contributed by atoms with E-state index in [1.165, 1.54) is 0 Å². The number of nitrogens with zero attached hydrogens (tertiary/aromatic N) is 3. The van der Waals surface area contributed by atoms with Crippen molar-refractivity contribution in [3.8, 4) is 5.69 Å². The van der Waals surface area contributed by atoms with Gasteiger partial charge in [-0.15, -0.1) is 0 Å². The normalized spacial score (nSPS) is 19.0. The molecule has 3 aromatic rings. The molecule has 1 heterocycles. The number of aromatic nitrogens is 2. The quantitative estimate of drug-likeness (QED) is 0.303. The molecular formula is C36H29Fe2N3+4. The Hall–Kier alpha value is -1.64. The molecule has 4 saturated carbocycles. The fourth-order valence-corrected chi connectivity index (χ4v) is 4.10. The fraction of sp³-hybridized carbons (Fsp3) is 0. The average molecular weight is 615 g/mol. The van der Waals surface area contributed by atoms with Crippen LogP contribution in [0.15, 0.2) is 71.9 Å². The molecule has 0 unspecified atom stereocenters. The predicted molar refractivity (Wildman–Crippen MR) is 157 cm³/mol. The molecule has 7 rings (SSSR count). The smallest absolute Gasteiger partial charge is 0.286 e. The van der Waals surface area contributed by atoms with Gasteiger partial charge in [0.05, 0.1) is 11.4 Å². The van der Waals surface area contributed by atoms with Gasteiger partial charge < -0.3 is 0 Å². The van der Waals surface area contributed by atoms with Crippen LogP contribution < -0.4 is 5.62 Å². The molecule has 3 nitrogen and oxygen atoms in total. The summed E-state index contributed by atoms with van der Waals surface area (Å²) in [7, 11) is 0. The number of hydrogen-bond donors (Lipinski definition) is 0. The second-order valence-electron chi connectivity index (χ2n) is 8.73. The number of rotatable bonds is 4. The largest absolute Gasteiger partial charge is 2.00 e. The summed E-state index contributed by atoms with van der Waals surface area (Å²) in [5.74, 6) is 2.23. The first-order valence-electron chi connectivity index (χ1n) is 12.9. The molecule has 0 bridgehead atoms. The zero-order chi connectivity index (χ0) is 26.5. The monoisotopic (exact) mass is 615 g/mol. The summed E-state index contributed by atoms with van der Waals surface area (Å²) in [6.07, 6.45) is 38.7. The van der Waals surface area contributed by atoms with Crippen molar-refractivity contribution < 1.29 is 34.1 Å². The second kappa shape index (κ2) is 18.8. The van der Waals surface area contributed by atoms with Crippen molar-refractivity contribution in [1.82, 2.24) is 9.55 Å². The van der Waals surface area contributed by atoms with Gasteiger partial charge in [0.15, 0.2) is 0 Å². The molecule has 20 radical (unpaired) electrons. The summed E-state index contributed by atoms with van der Waals surface area (Å²) in [4.78, 5) is 9.90. The van der Waals surface area contributed by atoms with Crippen molar-refractivity contribution in [2.45, 2.75) is 0 Å². The van der Waals surface area contributed by atoms with Crippen LogP contribution in [0.4, 0.5) is 5.69 Å². The minimum atomic E-state index is 0. The molecule has 0 saturated heterocycles. The van der Waals surface area contributed by atoms with E-state index in [-0.39, 0.29) is 34.1 Å². The van der Waals surface area contributed by atoms with Gasteiger partial charge in [0.2, 0.25) is 5.62 Å². The van der Waals surface area contributed by atoms with Crippen molar-refractivity contribution >= 4 is 5.69 Å². The number of para-hydroxylation sites is 2.